The Morgan fingerprint density at radius 2 is 0.758 bits per heavy atom. The van der Waals surface area contributed by atoms with Crippen molar-refractivity contribution in [1.82, 2.24) is 19.5 Å². The minimum absolute atomic E-state index is 0.000743. The molecule has 0 spiro atoms. The van der Waals surface area contributed by atoms with Gasteiger partial charge in [0.05, 0.1) is 0 Å². The fourth-order valence-electron chi connectivity index (χ4n) is 8.32. The highest BCUT2D eigenvalue weighted by Crippen LogP contribution is 2.36. The smallest absolute Gasteiger partial charge is 0.164 e. The van der Waals surface area contributed by atoms with E-state index in [1.54, 1.807) is 4.57 Å². The molecule has 0 atom stereocenters. The van der Waals surface area contributed by atoms with Gasteiger partial charge in [-0.1, -0.05) is 105 Å². The Hall–Kier alpha value is -6.07. The van der Waals surface area contributed by atoms with Gasteiger partial charge in [0, 0.05) is 55.6 Å². The molecule has 0 bridgehead atoms. The van der Waals surface area contributed by atoms with Crippen LogP contribution in [-0.2, 0) is 0 Å². The van der Waals surface area contributed by atoms with Crippen LogP contribution in [0.25, 0.3) is 94.7 Å². The lowest BCUT2D eigenvalue weighted by Gasteiger charge is -2.26. The van der Waals surface area contributed by atoms with Crippen molar-refractivity contribution in [2.75, 3.05) is 0 Å². The van der Waals surface area contributed by atoms with Gasteiger partial charge in [0.25, 0.3) is 0 Å². The van der Waals surface area contributed by atoms with Crippen molar-refractivity contribution in [3.8, 4) is 51.0 Å². The minimum atomic E-state index is 0.000743. The summed E-state index contributed by atoms with van der Waals surface area (Å²) in [4.78, 5) is 14.6. The van der Waals surface area contributed by atoms with Gasteiger partial charge in [0.15, 0.2) is 17.5 Å². The maximum atomic E-state index is 7.08. The van der Waals surface area contributed by atoms with E-state index in [1.165, 1.54) is 0 Å². The first-order valence-electron chi connectivity index (χ1n) is 19.2. The first kappa shape index (κ1) is 40.0. The van der Waals surface area contributed by atoms with Crippen LogP contribution < -0.4 is 65.6 Å². The van der Waals surface area contributed by atoms with Crippen LogP contribution in [0.15, 0.2) is 101 Å². The normalized spacial score (nSPS) is 11.7. The number of hydrogen-bond donors (Lipinski definition) is 0. The van der Waals surface area contributed by atoms with E-state index < -0.39 is 0 Å². The summed E-state index contributed by atoms with van der Waals surface area (Å²) in [6.45, 7) is 0. The van der Waals surface area contributed by atoms with Gasteiger partial charge in [-0.15, -0.1) is 27.3 Å². The molecular formula is C45H16B12N4O. The Labute approximate surface area is 373 Å². The fourth-order valence-corrected chi connectivity index (χ4v) is 8.32. The van der Waals surface area contributed by atoms with Gasteiger partial charge in [0.2, 0.25) is 0 Å². The SMILES string of the molecule is [B]c1c([B])c([B])c(-c2c([B])c([B])c3c(c2[B])c2c([B])c([B])c([B])c([B])c2n3-c2ccc3c(c2)oc2cc(-c4nc(-c5ccccc5)nc(-c5ccccc5)n4)ccc23)c([B])c1[B]. The number of furan rings is 1. The summed E-state index contributed by atoms with van der Waals surface area (Å²) in [5.74, 6) is 1.56. The van der Waals surface area contributed by atoms with Gasteiger partial charge < -0.3 is 8.98 Å². The monoisotopic (exact) mass is 760 g/mol. The van der Waals surface area contributed by atoms with Crippen LogP contribution in [0, 0.1) is 0 Å². The van der Waals surface area contributed by atoms with Gasteiger partial charge in [0.1, 0.15) is 105 Å². The fraction of sp³-hybridized carbons (Fsp3) is 0. The van der Waals surface area contributed by atoms with E-state index in [9.17, 15) is 0 Å². The summed E-state index contributed by atoms with van der Waals surface area (Å²) in [6, 6.07) is 31.0. The highest BCUT2D eigenvalue weighted by molar-refractivity contribution is 6.72. The molecule has 0 unspecified atom stereocenters. The molecule has 7 aromatic carbocycles. The van der Waals surface area contributed by atoms with Crippen molar-refractivity contribution >= 4 is 203 Å². The van der Waals surface area contributed by atoms with E-state index >= 15 is 0 Å². The van der Waals surface area contributed by atoms with Gasteiger partial charge >= 0.3 is 0 Å². The predicted molar refractivity (Wildman–Crippen MR) is 268 cm³/mol. The zero-order chi connectivity index (χ0) is 43.5. The lowest BCUT2D eigenvalue weighted by Crippen LogP contribution is -2.56. The van der Waals surface area contributed by atoms with Gasteiger partial charge in [-0.25, -0.2) is 15.0 Å². The number of aromatic nitrogens is 4. The second kappa shape index (κ2) is 14.8. The van der Waals surface area contributed by atoms with Crippen LogP contribution in [0.1, 0.15) is 0 Å². The molecule has 0 aliphatic heterocycles. The topological polar surface area (TPSA) is 56.7 Å². The molecule has 0 aliphatic carbocycles. The second-order valence-corrected chi connectivity index (χ2v) is 15.0. The molecule has 0 N–H and O–H groups in total. The molecule has 0 aliphatic rings. The maximum absolute atomic E-state index is 7.08. The Morgan fingerprint density at radius 3 is 1.32 bits per heavy atom. The second-order valence-electron chi connectivity index (χ2n) is 15.0. The number of fused-ring (bicyclic) bond motifs is 6. The minimum Gasteiger partial charge on any atom is -0.456 e. The van der Waals surface area contributed by atoms with Gasteiger partial charge in [-0.3, -0.25) is 0 Å². The van der Waals surface area contributed by atoms with Crippen LogP contribution in [0.5, 0.6) is 0 Å². The highest BCUT2D eigenvalue weighted by Gasteiger charge is 2.26. The van der Waals surface area contributed by atoms with E-state index in [1.807, 2.05) is 97.1 Å². The lowest BCUT2D eigenvalue weighted by molar-refractivity contribution is 0.668. The average molecular weight is 758 g/mol. The standard InChI is InChI=1S/C45H16B12N4O/c46-29-25(26-30(47)34(51)37(54)35(52)31(26)48)32(49)39(56)41-27(29)28-33(50)36(53)38(55)40(57)42(28)61(41)20-12-14-22-21-13-11-19(15-23(21)62-24(22)16-20)45-59-43(17-7-3-1-4-8-17)58-44(60-45)18-9-5-2-6-10-18/h1-16H. The average Bonchev–Trinajstić information content (AvgIpc) is 3.86. The number of benzene rings is 7. The number of nitrogens with zero attached hydrogens (tertiary/aromatic N) is 4. The largest absolute Gasteiger partial charge is 0.456 e. The molecular weight excluding hydrogens is 742 g/mol. The van der Waals surface area contributed by atoms with E-state index in [0.29, 0.717) is 56.1 Å². The van der Waals surface area contributed by atoms with Crippen LogP contribution in [-0.4, -0.2) is 114 Å². The zero-order valence-electron chi connectivity index (χ0n) is 32.9. The van der Waals surface area contributed by atoms with Crippen LogP contribution >= 0.6 is 0 Å². The summed E-state index contributed by atoms with van der Waals surface area (Å²) in [7, 11) is 79.1. The summed E-state index contributed by atoms with van der Waals surface area (Å²) in [5, 5.41) is 2.40. The van der Waals surface area contributed by atoms with Crippen molar-refractivity contribution < 1.29 is 4.42 Å². The third-order valence-electron chi connectivity index (χ3n) is 11.5. The first-order valence-corrected chi connectivity index (χ1v) is 19.2. The van der Waals surface area contributed by atoms with Crippen molar-refractivity contribution in [1.29, 1.82) is 0 Å². The van der Waals surface area contributed by atoms with E-state index in [-0.39, 0.29) is 76.7 Å². The maximum Gasteiger partial charge on any atom is 0.164 e. The molecule has 0 amide bonds. The van der Waals surface area contributed by atoms with E-state index in [0.717, 1.165) is 27.5 Å². The molecule has 3 aromatic heterocycles. The Morgan fingerprint density at radius 1 is 0.355 bits per heavy atom. The third kappa shape index (κ3) is 5.91. The summed E-state index contributed by atoms with van der Waals surface area (Å²) in [6.07, 6.45) is 0. The Kier molecular flexibility index (Phi) is 9.55. The molecule has 0 fully saturated rings. The van der Waals surface area contributed by atoms with Gasteiger partial charge in [-0.2, -0.15) is 0 Å². The molecule has 62 heavy (non-hydrogen) atoms. The van der Waals surface area contributed by atoms with Crippen molar-refractivity contribution in [2.24, 2.45) is 0 Å². The summed E-state index contributed by atoms with van der Waals surface area (Å²) < 4.78 is 8.36. The molecule has 0 saturated carbocycles. The summed E-state index contributed by atoms with van der Waals surface area (Å²) in [5.41, 5.74) is 5.77. The lowest BCUT2D eigenvalue weighted by atomic mass is 9.57. The van der Waals surface area contributed by atoms with Crippen molar-refractivity contribution in [3.05, 3.63) is 97.1 Å². The molecule has 24 radical (unpaired) electrons. The third-order valence-corrected chi connectivity index (χ3v) is 11.5. The van der Waals surface area contributed by atoms with E-state index in [4.69, 9.17) is 114 Å². The molecule has 258 valence electrons. The quantitative estimate of drug-likeness (QED) is 0.177. The van der Waals surface area contributed by atoms with Crippen LogP contribution in [0.4, 0.5) is 0 Å². The molecule has 10 rings (SSSR count). The van der Waals surface area contributed by atoms with E-state index in [2.05, 4.69) is 0 Å². The van der Waals surface area contributed by atoms with Crippen LogP contribution in [0.3, 0.4) is 0 Å². The number of rotatable bonds is 5. The van der Waals surface area contributed by atoms with Gasteiger partial charge in [-0.05, 0) is 40.8 Å². The number of hydrogen-bond acceptors (Lipinski definition) is 4. The molecule has 5 nitrogen and oxygen atoms in total. The molecule has 17 heteroatoms. The Balaban J connectivity index is 1.20. The van der Waals surface area contributed by atoms with Crippen molar-refractivity contribution in [3.63, 3.8) is 0 Å². The zero-order valence-corrected chi connectivity index (χ0v) is 32.9. The summed E-state index contributed by atoms with van der Waals surface area (Å²) >= 11 is 0. The van der Waals surface area contributed by atoms with Crippen molar-refractivity contribution in [2.45, 2.75) is 0 Å². The molecule has 3 heterocycles. The highest BCUT2D eigenvalue weighted by atomic mass is 16.3. The molecule has 10 aromatic rings. The predicted octanol–water partition coefficient (Wildman–Crippen LogP) is -2.94. The van der Waals surface area contributed by atoms with Crippen LogP contribution in [0.2, 0.25) is 0 Å². The molecule has 0 saturated heterocycles. The Bertz CT molecular complexity index is 3470. The first-order chi connectivity index (χ1) is 29.8.